The van der Waals surface area contributed by atoms with Gasteiger partial charge in [-0.15, -0.1) is 0 Å². The summed E-state index contributed by atoms with van der Waals surface area (Å²) in [7, 11) is 0. The molecule has 18 aromatic carbocycles. The molecule has 0 saturated carbocycles. The third-order valence-electron chi connectivity index (χ3n) is 23.5. The van der Waals surface area contributed by atoms with Gasteiger partial charge in [-0.3, -0.25) is 0 Å². The highest BCUT2D eigenvalue weighted by Crippen LogP contribution is 2.45. The molecule has 0 spiro atoms. The summed E-state index contributed by atoms with van der Waals surface area (Å²) < 4.78 is 9.66. The second-order valence-electron chi connectivity index (χ2n) is 30.5. The zero-order valence-electron chi connectivity index (χ0n) is 64.9. The summed E-state index contributed by atoms with van der Waals surface area (Å²) in [6.45, 7) is 0. The van der Waals surface area contributed by atoms with Gasteiger partial charge in [0.15, 0.2) is 34.9 Å². The van der Waals surface area contributed by atoms with Crippen LogP contribution in [0.15, 0.2) is 425 Å². The molecule has 0 aliphatic heterocycles. The van der Waals surface area contributed by atoms with Crippen LogP contribution in [0.5, 0.6) is 0 Å². The van der Waals surface area contributed by atoms with Gasteiger partial charge in [-0.05, 0) is 130 Å². The van der Waals surface area contributed by atoms with E-state index < -0.39 is 0 Å². The zero-order chi connectivity index (χ0) is 79.1. The Hall–Kier alpha value is -16.3. The second kappa shape index (κ2) is 28.9. The highest BCUT2D eigenvalue weighted by molar-refractivity contribution is 6.22. The standard InChI is InChI=1S/2C55H35N5/c1-4-15-36(16-5-1)37-27-29-39(30-28-37)54-56-53(38-17-6-2-7-18-38)57-55(58-54)41-31-32-43-40(33-41)19-14-26-48(43)60-50-25-13-11-23-45(50)47-34-46-44-22-10-12-24-49(44)59(51(46)35-52(47)60)42-20-8-3-9-21-42;1-4-16-36(17-5-1)37-28-30-39(31-29-37)54-56-53(38-18-6-2-7-19-38)57-55(58-54)41-32-40-20-10-11-23-43(40)50(33-41)60-49-27-15-13-25-45(49)47-34-46-44-24-12-14-26-48(44)59(51(46)35-52(47)60)42-21-8-3-9-22-42/h2*1-35H. The lowest BCUT2D eigenvalue weighted by Crippen LogP contribution is -2.02. The van der Waals surface area contributed by atoms with Crippen LogP contribution in [0.25, 0.3) is 222 Å². The summed E-state index contributed by atoms with van der Waals surface area (Å²) in [5, 5.41) is 14.3. The van der Waals surface area contributed by atoms with E-state index in [1.54, 1.807) is 0 Å². The van der Waals surface area contributed by atoms with Gasteiger partial charge in [0.25, 0.3) is 0 Å². The molecule has 0 amide bonds. The first-order chi connectivity index (χ1) is 59.5. The molecule has 0 atom stereocenters. The van der Waals surface area contributed by atoms with Crippen LogP contribution in [0.2, 0.25) is 0 Å². The maximum atomic E-state index is 5.23. The molecule has 10 nitrogen and oxygen atoms in total. The van der Waals surface area contributed by atoms with Crippen molar-refractivity contribution in [1.82, 2.24) is 48.2 Å². The van der Waals surface area contributed by atoms with Gasteiger partial charge in [-0.25, -0.2) is 29.9 Å². The Morgan fingerprint density at radius 1 is 0.133 bits per heavy atom. The molecule has 0 saturated heterocycles. The summed E-state index contributed by atoms with van der Waals surface area (Å²) in [4.78, 5) is 30.7. The Morgan fingerprint density at radius 3 is 0.817 bits per heavy atom. The highest BCUT2D eigenvalue weighted by atomic mass is 15.1. The van der Waals surface area contributed by atoms with Crippen LogP contribution in [0.1, 0.15) is 0 Å². The van der Waals surface area contributed by atoms with Crippen molar-refractivity contribution in [2.75, 3.05) is 0 Å². The van der Waals surface area contributed by atoms with E-state index in [0.717, 1.165) is 111 Å². The van der Waals surface area contributed by atoms with Gasteiger partial charge >= 0.3 is 0 Å². The fourth-order valence-corrected chi connectivity index (χ4v) is 17.9. The molecule has 24 rings (SSSR count). The molecule has 0 N–H and O–H groups in total. The minimum absolute atomic E-state index is 0.616. The maximum absolute atomic E-state index is 5.23. The lowest BCUT2D eigenvalue weighted by molar-refractivity contribution is 1.07. The Balaban J connectivity index is 0.000000140. The van der Waals surface area contributed by atoms with Crippen LogP contribution in [-0.4, -0.2) is 48.2 Å². The van der Waals surface area contributed by atoms with Crippen molar-refractivity contribution in [2.45, 2.75) is 0 Å². The molecule has 0 aliphatic rings. The molecular formula is C110H70N10. The van der Waals surface area contributed by atoms with Gasteiger partial charge in [0.1, 0.15) is 0 Å². The predicted molar refractivity (Wildman–Crippen MR) is 496 cm³/mol. The monoisotopic (exact) mass is 1530 g/mol. The van der Waals surface area contributed by atoms with Crippen molar-refractivity contribution in [1.29, 1.82) is 0 Å². The molecule has 6 aromatic heterocycles. The van der Waals surface area contributed by atoms with Crippen LogP contribution < -0.4 is 0 Å². The zero-order valence-corrected chi connectivity index (χ0v) is 64.9. The second-order valence-corrected chi connectivity index (χ2v) is 30.5. The van der Waals surface area contributed by atoms with Crippen LogP contribution in [-0.2, 0) is 0 Å². The predicted octanol–water partition coefficient (Wildman–Crippen LogP) is 27.8. The molecular weight excluding hydrogens is 1460 g/mol. The van der Waals surface area contributed by atoms with Crippen LogP contribution >= 0.6 is 0 Å². The minimum atomic E-state index is 0.616. The van der Waals surface area contributed by atoms with Crippen molar-refractivity contribution < 1.29 is 0 Å². The third kappa shape index (κ3) is 12.0. The lowest BCUT2D eigenvalue weighted by Gasteiger charge is -2.15. The molecule has 6 heterocycles. The SMILES string of the molecule is c1ccc(-c2ccc(-c3nc(-c4ccccc4)nc(-c4cc(-n5c6ccccc6c6cc7c8ccccc8n(-c8ccccc8)c7cc65)c5ccccc5c4)n3)cc2)cc1.c1ccc(-c2ccc(-c3nc(-c4ccccc4)nc(-c4ccc5c(-n6c7ccccc7c7cc8c9ccccc9n(-c9ccccc9)c8cc76)cccc5c4)n3)cc2)cc1. The molecule has 0 bridgehead atoms. The number of para-hydroxylation sites is 6. The Morgan fingerprint density at radius 2 is 0.400 bits per heavy atom. The van der Waals surface area contributed by atoms with E-state index in [0.29, 0.717) is 34.9 Å². The van der Waals surface area contributed by atoms with Crippen molar-refractivity contribution in [3.8, 4) is 113 Å². The quantitative estimate of drug-likeness (QED) is 0.121. The Kier molecular flexibility index (Phi) is 16.7. The number of hydrogen-bond donors (Lipinski definition) is 0. The average molecular weight is 1530 g/mol. The van der Waals surface area contributed by atoms with E-state index in [1.165, 1.54) is 76.3 Å². The van der Waals surface area contributed by atoms with Gasteiger partial charge in [0, 0.05) is 98.6 Å². The molecule has 560 valence electrons. The number of nitrogens with zero attached hydrogens (tertiary/aromatic N) is 10. The first-order valence-corrected chi connectivity index (χ1v) is 40.6. The summed E-state index contributed by atoms with van der Waals surface area (Å²) in [6, 6.07) is 150. The van der Waals surface area contributed by atoms with Gasteiger partial charge in [0.2, 0.25) is 0 Å². The van der Waals surface area contributed by atoms with Crippen LogP contribution in [0.4, 0.5) is 0 Å². The summed E-state index contributed by atoms with van der Waals surface area (Å²) in [6.07, 6.45) is 0. The first-order valence-electron chi connectivity index (χ1n) is 40.6. The third-order valence-corrected chi connectivity index (χ3v) is 23.5. The van der Waals surface area contributed by atoms with E-state index in [-0.39, 0.29) is 0 Å². The van der Waals surface area contributed by atoms with E-state index in [9.17, 15) is 0 Å². The molecule has 24 aromatic rings. The fourth-order valence-electron chi connectivity index (χ4n) is 17.9. The smallest absolute Gasteiger partial charge is 0.164 e. The summed E-state index contributed by atoms with van der Waals surface area (Å²) in [5.74, 6) is 3.78. The van der Waals surface area contributed by atoms with Crippen LogP contribution in [0, 0.1) is 0 Å². The fraction of sp³-hybridized carbons (Fsp3) is 0. The van der Waals surface area contributed by atoms with E-state index in [2.05, 4.69) is 382 Å². The van der Waals surface area contributed by atoms with Crippen LogP contribution in [0.3, 0.4) is 0 Å². The molecule has 0 unspecified atom stereocenters. The van der Waals surface area contributed by atoms with Gasteiger partial charge in [-0.2, -0.15) is 0 Å². The van der Waals surface area contributed by atoms with Gasteiger partial charge in [0.05, 0.1) is 55.5 Å². The van der Waals surface area contributed by atoms with Crippen molar-refractivity contribution in [3.05, 3.63) is 425 Å². The van der Waals surface area contributed by atoms with Crippen molar-refractivity contribution in [3.63, 3.8) is 0 Å². The number of benzene rings is 18. The maximum Gasteiger partial charge on any atom is 0.164 e. The van der Waals surface area contributed by atoms with Gasteiger partial charge in [-0.1, -0.05) is 328 Å². The minimum Gasteiger partial charge on any atom is -0.309 e. The highest BCUT2D eigenvalue weighted by Gasteiger charge is 2.25. The van der Waals surface area contributed by atoms with Gasteiger partial charge < -0.3 is 18.3 Å². The van der Waals surface area contributed by atoms with Crippen molar-refractivity contribution >= 4 is 109 Å². The molecule has 0 aliphatic carbocycles. The van der Waals surface area contributed by atoms with E-state index >= 15 is 0 Å². The molecule has 0 fully saturated rings. The summed E-state index contributed by atoms with van der Waals surface area (Å²) in [5.41, 5.74) is 24.0. The normalized spacial score (nSPS) is 11.7. The van der Waals surface area contributed by atoms with E-state index in [4.69, 9.17) is 29.9 Å². The number of aromatic nitrogens is 10. The average Bonchev–Trinajstić information content (AvgIpc) is 1.55. The summed E-state index contributed by atoms with van der Waals surface area (Å²) >= 11 is 0. The van der Waals surface area contributed by atoms with E-state index in [1.807, 2.05) is 60.7 Å². The molecule has 0 radical (unpaired) electrons. The largest absolute Gasteiger partial charge is 0.309 e. The number of rotatable bonds is 12. The Bertz CT molecular complexity index is 8090. The number of fused-ring (bicyclic) bond motifs is 14. The number of hydrogen-bond acceptors (Lipinski definition) is 6. The Labute approximate surface area is 690 Å². The first kappa shape index (κ1) is 69.2. The molecule has 120 heavy (non-hydrogen) atoms. The topological polar surface area (TPSA) is 97.1 Å². The lowest BCUT2D eigenvalue weighted by atomic mass is 10.0. The molecule has 10 heteroatoms. The van der Waals surface area contributed by atoms with Crippen molar-refractivity contribution in [2.24, 2.45) is 0 Å².